The highest BCUT2D eigenvalue weighted by molar-refractivity contribution is 7.99. The molecule has 35 heavy (non-hydrogen) atoms. The van der Waals surface area contributed by atoms with Crippen molar-refractivity contribution in [3.05, 3.63) is 47.2 Å². The summed E-state index contributed by atoms with van der Waals surface area (Å²) in [7, 11) is 0. The lowest BCUT2D eigenvalue weighted by molar-refractivity contribution is 0.0636. The maximum Gasteiger partial charge on any atom is 0.412 e. The molecule has 0 saturated carbocycles. The fourth-order valence-electron chi connectivity index (χ4n) is 4.16. The van der Waals surface area contributed by atoms with Crippen molar-refractivity contribution in [3.8, 4) is 11.1 Å². The predicted molar refractivity (Wildman–Crippen MR) is 135 cm³/mol. The van der Waals surface area contributed by atoms with Crippen LogP contribution in [0.3, 0.4) is 0 Å². The zero-order chi connectivity index (χ0) is 24.9. The van der Waals surface area contributed by atoms with Crippen molar-refractivity contribution in [1.29, 1.82) is 0 Å². The number of thiophene rings is 1. The van der Waals surface area contributed by atoms with Crippen LogP contribution in [0.25, 0.3) is 32.1 Å². The monoisotopic (exact) mass is 515 g/mol. The summed E-state index contributed by atoms with van der Waals surface area (Å²) in [6.07, 6.45) is 1.00. The molecule has 3 heterocycles. The number of nitrogens with zero attached hydrogens (tertiary/aromatic N) is 2. The first-order valence-corrected chi connectivity index (χ1v) is 12.9. The Morgan fingerprint density at radius 2 is 1.97 bits per heavy atom. The molecule has 0 bridgehead atoms. The molecular formula is C25H23F2N3O3S2. The second-order valence-corrected chi connectivity index (χ2v) is 11.4. The second-order valence-electron chi connectivity index (χ2n) is 9.06. The van der Waals surface area contributed by atoms with Crippen molar-refractivity contribution in [1.82, 2.24) is 9.97 Å². The van der Waals surface area contributed by atoms with E-state index in [0.717, 1.165) is 11.3 Å². The van der Waals surface area contributed by atoms with Crippen LogP contribution in [0, 0.1) is 11.6 Å². The molecule has 0 saturated heterocycles. The van der Waals surface area contributed by atoms with Gasteiger partial charge in [-0.2, -0.15) is 0 Å². The van der Waals surface area contributed by atoms with Crippen LogP contribution in [0.15, 0.2) is 29.6 Å². The molecule has 0 unspecified atom stereocenters. The minimum atomic E-state index is -0.663. The van der Waals surface area contributed by atoms with E-state index in [4.69, 9.17) is 9.47 Å². The van der Waals surface area contributed by atoms with Gasteiger partial charge in [0.25, 0.3) is 0 Å². The maximum atomic E-state index is 16.1. The van der Waals surface area contributed by atoms with Crippen LogP contribution in [0.1, 0.15) is 38.8 Å². The Labute approximate surface area is 209 Å². The van der Waals surface area contributed by atoms with Gasteiger partial charge >= 0.3 is 6.09 Å². The quantitative estimate of drug-likeness (QED) is 0.227. The van der Waals surface area contributed by atoms with Gasteiger partial charge in [0.15, 0.2) is 11.0 Å². The van der Waals surface area contributed by atoms with Crippen LogP contribution in [0.2, 0.25) is 0 Å². The molecule has 1 aliphatic rings. The second kappa shape index (κ2) is 9.00. The average Bonchev–Trinajstić information content (AvgIpc) is 3.41. The Bertz CT molecular complexity index is 1480. The van der Waals surface area contributed by atoms with Crippen molar-refractivity contribution in [2.75, 3.05) is 11.1 Å². The molecule has 10 heteroatoms. The van der Waals surface area contributed by atoms with Gasteiger partial charge in [-0.3, -0.25) is 5.32 Å². The maximum absolute atomic E-state index is 16.1. The number of halogens is 2. The molecule has 182 valence electrons. The van der Waals surface area contributed by atoms with Gasteiger partial charge in [-0.15, -0.1) is 11.3 Å². The number of thioether (sulfide) groups is 1. The topological polar surface area (TPSA) is 73.3 Å². The zero-order valence-electron chi connectivity index (χ0n) is 19.6. The first-order valence-electron chi connectivity index (χ1n) is 11.1. The van der Waals surface area contributed by atoms with Gasteiger partial charge in [0.05, 0.1) is 18.2 Å². The summed E-state index contributed by atoms with van der Waals surface area (Å²) in [6.45, 7) is 7.70. The third-order valence-electron chi connectivity index (χ3n) is 5.48. The number of carbonyl (C=O) groups excluding carboxylic acids is 1. The molecule has 2 aromatic heterocycles. The fourth-order valence-corrected chi connectivity index (χ4v) is 5.66. The molecule has 1 N–H and O–H groups in total. The molecular weight excluding hydrogens is 492 g/mol. The summed E-state index contributed by atoms with van der Waals surface area (Å²) in [5.74, 6) is -0.433. The van der Waals surface area contributed by atoms with Crippen LogP contribution >= 0.6 is 23.1 Å². The number of anilines is 1. The lowest BCUT2D eigenvalue weighted by Crippen LogP contribution is -2.26. The molecule has 5 rings (SSSR count). The van der Waals surface area contributed by atoms with E-state index in [1.807, 2.05) is 6.92 Å². The van der Waals surface area contributed by atoms with Crippen LogP contribution in [0.5, 0.6) is 0 Å². The Morgan fingerprint density at radius 1 is 1.20 bits per heavy atom. The van der Waals surface area contributed by atoms with E-state index >= 15 is 8.78 Å². The predicted octanol–water partition coefficient (Wildman–Crippen LogP) is 7.28. The van der Waals surface area contributed by atoms with Gasteiger partial charge in [-0.1, -0.05) is 18.7 Å². The molecule has 0 atom stereocenters. The summed E-state index contributed by atoms with van der Waals surface area (Å²) in [5, 5.41) is 4.69. The number of fused-ring (bicyclic) bond motifs is 4. The van der Waals surface area contributed by atoms with Crippen LogP contribution in [-0.4, -0.2) is 27.4 Å². The molecule has 0 aliphatic carbocycles. The van der Waals surface area contributed by atoms with Crippen LogP contribution < -0.4 is 5.32 Å². The van der Waals surface area contributed by atoms with Crippen LogP contribution in [-0.2, 0) is 22.7 Å². The minimum Gasteiger partial charge on any atom is -0.444 e. The van der Waals surface area contributed by atoms with E-state index in [1.54, 1.807) is 39.1 Å². The number of aromatic nitrogens is 2. The number of carbonyl (C=O) groups is 1. The first kappa shape index (κ1) is 23.9. The standard InChI is InChI=1S/C25H23F2N3O3S2/c1-5-34-23-28-9-13-14-10-32-11-15(14)20(21(27)22(13)30-23)19-12-8-18(29-24(31)33-25(2,3)4)35-17(12)7-6-16(19)26/h6-9H,5,10-11H2,1-4H3,(H,29,31). The van der Waals surface area contributed by atoms with Crippen molar-refractivity contribution >= 4 is 55.2 Å². The van der Waals surface area contributed by atoms with E-state index < -0.39 is 23.3 Å². The van der Waals surface area contributed by atoms with Crippen molar-refractivity contribution < 1.29 is 23.0 Å². The SMILES string of the molecule is CCSc1ncc2c3c(c(-c4c(F)ccc5sc(NC(=O)OC(C)(C)C)cc45)c(F)c2n1)COC3. The molecule has 0 fully saturated rings. The van der Waals surface area contributed by atoms with E-state index in [0.29, 0.717) is 31.2 Å². The number of amides is 1. The third-order valence-corrected chi connectivity index (χ3v) is 7.23. The molecule has 1 aliphatic heterocycles. The number of ether oxygens (including phenoxy) is 2. The fraction of sp³-hybridized carbons (Fsp3) is 0.320. The van der Waals surface area contributed by atoms with Gasteiger partial charge in [0.1, 0.15) is 16.9 Å². The van der Waals surface area contributed by atoms with E-state index in [-0.39, 0.29) is 29.9 Å². The third kappa shape index (κ3) is 4.46. The number of benzene rings is 2. The zero-order valence-corrected chi connectivity index (χ0v) is 21.3. The summed E-state index contributed by atoms with van der Waals surface area (Å²) in [5.41, 5.74) is 1.11. The minimum absolute atomic E-state index is 0.125. The van der Waals surface area contributed by atoms with E-state index in [9.17, 15) is 4.79 Å². The highest BCUT2D eigenvalue weighted by Gasteiger charge is 2.29. The molecule has 0 spiro atoms. The van der Waals surface area contributed by atoms with Gasteiger partial charge in [-0.05, 0) is 55.9 Å². The highest BCUT2D eigenvalue weighted by atomic mass is 32.2. The lowest BCUT2D eigenvalue weighted by atomic mass is 9.91. The highest BCUT2D eigenvalue weighted by Crippen LogP contribution is 2.45. The first-order chi connectivity index (χ1) is 16.7. The Balaban J connectivity index is 1.70. The largest absolute Gasteiger partial charge is 0.444 e. The van der Waals surface area contributed by atoms with E-state index in [2.05, 4.69) is 15.3 Å². The molecule has 2 aromatic carbocycles. The van der Waals surface area contributed by atoms with Crippen molar-refractivity contribution in [3.63, 3.8) is 0 Å². The van der Waals surface area contributed by atoms with Gasteiger partial charge in [-0.25, -0.2) is 23.5 Å². The molecule has 0 radical (unpaired) electrons. The molecule has 1 amide bonds. The smallest absolute Gasteiger partial charge is 0.412 e. The summed E-state index contributed by atoms with van der Waals surface area (Å²) in [4.78, 5) is 21.1. The Kier molecular flexibility index (Phi) is 6.14. The summed E-state index contributed by atoms with van der Waals surface area (Å²) in [6, 6.07) is 4.58. The van der Waals surface area contributed by atoms with Gasteiger partial charge in [0, 0.05) is 32.8 Å². The Morgan fingerprint density at radius 3 is 2.71 bits per heavy atom. The summed E-state index contributed by atoms with van der Waals surface area (Å²) >= 11 is 2.67. The van der Waals surface area contributed by atoms with Crippen molar-refractivity contribution in [2.24, 2.45) is 0 Å². The molecule has 4 aromatic rings. The number of rotatable bonds is 4. The van der Waals surface area contributed by atoms with Crippen molar-refractivity contribution in [2.45, 2.75) is 51.7 Å². The number of hydrogen-bond acceptors (Lipinski definition) is 7. The Hall–Kier alpha value is -2.82. The lowest BCUT2D eigenvalue weighted by Gasteiger charge is -2.19. The average molecular weight is 516 g/mol. The number of nitrogens with one attached hydrogen (secondary N) is 1. The van der Waals surface area contributed by atoms with E-state index in [1.165, 1.54) is 29.2 Å². The number of hydrogen-bond donors (Lipinski definition) is 1. The summed E-state index contributed by atoms with van der Waals surface area (Å²) < 4.78 is 43.2. The molecule has 6 nitrogen and oxygen atoms in total. The normalized spacial score (nSPS) is 13.4. The van der Waals surface area contributed by atoms with Gasteiger partial charge in [0.2, 0.25) is 0 Å². The van der Waals surface area contributed by atoms with Gasteiger partial charge < -0.3 is 9.47 Å². The van der Waals surface area contributed by atoms with Crippen LogP contribution in [0.4, 0.5) is 18.6 Å².